The van der Waals surface area contributed by atoms with Gasteiger partial charge in [0.25, 0.3) is 0 Å². The molecule has 0 aromatic heterocycles. The maximum absolute atomic E-state index is 10.6. The van der Waals surface area contributed by atoms with Gasteiger partial charge in [0.1, 0.15) is 0 Å². The first-order valence-corrected chi connectivity index (χ1v) is 5.15. The molecule has 1 unspecified atom stereocenters. The van der Waals surface area contributed by atoms with E-state index in [0.717, 1.165) is 6.42 Å². The number of hydrogen-bond donors (Lipinski definition) is 1. The van der Waals surface area contributed by atoms with Crippen LogP contribution in [0.25, 0.3) is 0 Å². The Hall–Kier alpha value is -1.50. The zero-order valence-electron chi connectivity index (χ0n) is 8.44. The molecule has 0 heterocycles. The zero-order chi connectivity index (χ0) is 10.7. The van der Waals surface area contributed by atoms with Gasteiger partial charge in [0.15, 0.2) is 0 Å². The van der Waals surface area contributed by atoms with Crippen molar-refractivity contribution in [2.24, 2.45) is 0 Å². The van der Waals surface area contributed by atoms with Crippen molar-refractivity contribution in [3.63, 3.8) is 0 Å². The summed E-state index contributed by atoms with van der Waals surface area (Å²) in [6.07, 6.45) is 2.32. The molecule has 1 saturated carbocycles. The lowest BCUT2D eigenvalue weighted by molar-refractivity contribution is 0.276. The van der Waals surface area contributed by atoms with Crippen LogP contribution in [0, 0.1) is 6.10 Å². The second-order valence-corrected chi connectivity index (χ2v) is 3.88. The third kappa shape index (κ3) is 2.12. The van der Waals surface area contributed by atoms with Crippen LogP contribution in [0.2, 0.25) is 0 Å². The zero-order valence-corrected chi connectivity index (χ0v) is 8.44. The van der Waals surface area contributed by atoms with Crippen LogP contribution >= 0.6 is 0 Å². The molecule has 78 valence electrons. The highest BCUT2D eigenvalue weighted by Crippen LogP contribution is 2.37. The van der Waals surface area contributed by atoms with Gasteiger partial charge in [-0.3, -0.25) is 0 Å². The van der Waals surface area contributed by atoms with Gasteiger partial charge in [-0.1, -0.05) is 49.3 Å². The third-order valence-corrected chi connectivity index (χ3v) is 2.92. The maximum atomic E-state index is 10.6. The summed E-state index contributed by atoms with van der Waals surface area (Å²) in [5.74, 6) is 2.18. The SMILES string of the molecule is O=C=C1CC(c2ccccc2)CC[C-]1O. The molecule has 1 atom stereocenters. The molecule has 0 bridgehead atoms. The molecule has 2 heteroatoms. The highest BCUT2D eigenvalue weighted by molar-refractivity contribution is 5.58. The molecular weight excluding hydrogens is 188 g/mol. The Kier molecular flexibility index (Phi) is 2.91. The second kappa shape index (κ2) is 4.35. The quantitative estimate of drug-likeness (QED) is 0.560. The van der Waals surface area contributed by atoms with E-state index in [4.69, 9.17) is 0 Å². The van der Waals surface area contributed by atoms with E-state index in [2.05, 4.69) is 12.1 Å². The van der Waals surface area contributed by atoms with Gasteiger partial charge in [-0.2, -0.15) is 0 Å². The molecule has 1 aliphatic carbocycles. The van der Waals surface area contributed by atoms with Gasteiger partial charge in [0.2, 0.25) is 0 Å². The van der Waals surface area contributed by atoms with Crippen LogP contribution in [0.3, 0.4) is 0 Å². The van der Waals surface area contributed by atoms with Crippen molar-refractivity contribution in [1.29, 1.82) is 0 Å². The van der Waals surface area contributed by atoms with Crippen molar-refractivity contribution in [1.82, 2.24) is 0 Å². The van der Waals surface area contributed by atoms with Gasteiger partial charge < -0.3 is 9.90 Å². The molecule has 1 aromatic carbocycles. The number of hydrogen-bond acceptors (Lipinski definition) is 2. The minimum atomic E-state index is 0.220. The molecule has 1 aromatic rings. The fourth-order valence-corrected chi connectivity index (χ4v) is 2.04. The summed E-state index contributed by atoms with van der Waals surface area (Å²) in [5.41, 5.74) is 1.67. The van der Waals surface area contributed by atoms with Gasteiger partial charge in [-0.15, -0.1) is 11.5 Å². The molecule has 0 aliphatic heterocycles. The Morgan fingerprint density at radius 1 is 1.33 bits per heavy atom. The Morgan fingerprint density at radius 2 is 2.07 bits per heavy atom. The third-order valence-electron chi connectivity index (χ3n) is 2.92. The highest BCUT2D eigenvalue weighted by atomic mass is 16.3. The lowest BCUT2D eigenvalue weighted by Crippen LogP contribution is -2.14. The summed E-state index contributed by atoms with van der Waals surface area (Å²) in [4.78, 5) is 10.6. The number of benzene rings is 1. The standard InChI is InChI=1S/C13H13O2/c14-9-12-8-11(6-7-13(12)15)10-4-2-1-3-5-10/h1-5,11,15H,6-8H2/q-1. The first-order valence-electron chi connectivity index (χ1n) is 5.15. The number of rotatable bonds is 1. The molecular formula is C13H13O2-. The summed E-state index contributed by atoms with van der Waals surface area (Å²) in [5, 5.41) is 9.45. The van der Waals surface area contributed by atoms with Gasteiger partial charge in [0, 0.05) is 0 Å². The van der Waals surface area contributed by atoms with Crippen LogP contribution in [0.5, 0.6) is 0 Å². The lowest BCUT2D eigenvalue weighted by Gasteiger charge is -2.33. The molecule has 2 rings (SSSR count). The van der Waals surface area contributed by atoms with Crippen LogP contribution < -0.4 is 0 Å². The van der Waals surface area contributed by atoms with Gasteiger partial charge in [-0.05, 0) is 17.9 Å². The highest BCUT2D eigenvalue weighted by Gasteiger charge is 2.19. The monoisotopic (exact) mass is 201 g/mol. The van der Waals surface area contributed by atoms with Gasteiger partial charge in [-0.25, -0.2) is 0 Å². The van der Waals surface area contributed by atoms with E-state index in [1.165, 1.54) is 5.56 Å². The van der Waals surface area contributed by atoms with Crippen molar-refractivity contribution in [3.05, 3.63) is 47.6 Å². The van der Waals surface area contributed by atoms with Crippen molar-refractivity contribution in [2.75, 3.05) is 0 Å². The van der Waals surface area contributed by atoms with Crippen LogP contribution in [0.1, 0.15) is 30.7 Å². The normalized spacial score (nSPS) is 21.3. The summed E-state index contributed by atoms with van der Waals surface area (Å²) < 4.78 is 0. The molecule has 0 radical (unpaired) electrons. The maximum Gasteiger partial charge on any atom is -0.0154 e. The predicted molar refractivity (Wildman–Crippen MR) is 57.4 cm³/mol. The van der Waals surface area contributed by atoms with Crippen LogP contribution in [-0.4, -0.2) is 11.0 Å². The molecule has 15 heavy (non-hydrogen) atoms. The molecule has 0 saturated heterocycles. The van der Waals surface area contributed by atoms with Gasteiger partial charge >= 0.3 is 0 Å². The molecule has 1 N–H and O–H groups in total. The van der Waals surface area contributed by atoms with E-state index in [1.807, 2.05) is 24.1 Å². The van der Waals surface area contributed by atoms with E-state index in [0.29, 0.717) is 24.3 Å². The van der Waals surface area contributed by atoms with E-state index in [1.54, 1.807) is 0 Å². The van der Waals surface area contributed by atoms with Gasteiger partial charge in [0.05, 0.1) is 0 Å². The Labute approximate surface area is 89.2 Å². The summed E-state index contributed by atoms with van der Waals surface area (Å²) >= 11 is 0. The lowest BCUT2D eigenvalue weighted by atomic mass is 9.80. The van der Waals surface area contributed by atoms with Crippen molar-refractivity contribution in [2.45, 2.75) is 25.2 Å². The number of aliphatic hydroxyl groups excluding tert-OH is 1. The van der Waals surface area contributed by atoms with E-state index < -0.39 is 0 Å². The Morgan fingerprint density at radius 3 is 2.73 bits per heavy atom. The first-order chi connectivity index (χ1) is 7.31. The van der Waals surface area contributed by atoms with Crippen molar-refractivity contribution < 1.29 is 9.90 Å². The summed E-state index contributed by atoms with van der Waals surface area (Å²) in [7, 11) is 0. The molecule has 0 spiro atoms. The van der Waals surface area contributed by atoms with E-state index in [9.17, 15) is 9.90 Å². The summed E-state index contributed by atoms with van der Waals surface area (Å²) in [6, 6.07) is 10.1. The van der Waals surface area contributed by atoms with Crippen LogP contribution in [0.15, 0.2) is 35.9 Å². The average Bonchev–Trinajstić information content (AvgIpc) is 2.31. The van der Waals surface area contributed by atoms with Crippen molar-refractivity contribution >= 4 is 5.94 Å². The Balaban J connectivity index is 2.17. The average molecular weight is 201 g/mol. The molecule has 1 fully saturated rings. The molecule has 1 aliphatic rings. The number of aliphatic hydroxyl groups is 1. The fourth-order valence-electron chi connectivity index (χ4n) is 2.04. The van der Waals surface area contributed by atoms with Crippen LogP contribution in [-0.2, 0) is 4.79 Å². The minimum Gasteiger partial charge on any atom is -0.454 e. The largest absolute Gasteiger partial charge is 0.454 e. The molecule has 0 amide bonds. The predicted octanol–water partition coefficient (Wildman–Crippen LogP) is 2.62. The Bertz CT molecular complexity index is 377. The minimum absolute atomic E-state index is 0.220. The topological polar surface area (TPSA) is 37.3 Å². The fraction of sp³-hybridized carbons (Fsp3) is 0.308. The summed E-state index contributed by atoms with van der Waals surface area (Å²) in [6.45, 7) is 0. The number of carbonyl (C=O) groups excluding carboxylic acids is 1. The second-order valence-electron chi connectivity index (χ2n) is 3.88. The van der Waals surface area contributed by atoms with E-state index in [-0.39, 0.29) is 6.10 Å². The van der Waals surface area contributed by atoms with E-state index >= 15 is 0 Å². The first kappa shape index (κ1) is 10.0. The molecule has 2 nitrogen and oxygen atoms in total. The van der Waals surface area contributed by atoms with Crippen molar-refractivity contribution in [3.8, 4) is 0 Å². The van der Waals surface area contributed by atoms with Crippen LogP contribution in [0.4, 0.5) is 0 Å². The smallest absolute Gasteiger partial charge is 0.0154 e.